The summed E-state index contributed by atoms with van der Waals surface area (Å²) < 4.78 is 13.3. The molecule has 4 aromatic rings. The molecular formula is C24H20FN5O. The van der Waals surface area contributed by atoms with Crippen LogP contribution in [0, 0.1) is 19.7 Å². The number of carbonyl (C=O) groups is 1. The van der Waals surface area contributed by atoms with Crippen LogP contribution in [0.3, 0.4) is 0 Å². The summed E-state index contributed by atoms with van der Waals surface area (Å²) in [5, 5.41) is 4.09. The zero-order chi connectivity index (χ0) is 21.5. The first-order valence-electron chi connectivity index (χ1n) is 10.1. The third-order valence-electron chi connectivity index (χ3n) is 5.72. The molecule has 0 saturated carbocycles. The van der Waals surface area contributed by atoms with Crippen molar-refractivity contribution in [3.8, 4) is 0 Å². The maximum absolute atomic E-state index is 13.3. The average Bonchev–Trinajstić information content (AvgIpc) is 2.75. The fourth-order valence-corrected chi connectivity index (χ4v) is 4.08. The first-order valence-corrected chi connectivity index (χ1v) is 10.1. The number of hydrogen-bond donors (Lipinski definition) is 1. The molecule has 0 amide bonds. The van der Waals surface area contributed by atoms with Gasteiger partial charge >= 0.3 is 0 Å². The van der Waals surface area contributed by atoms with Crippen LogP contribution in [0.2, 0.25) is 0 Å². The average molecular weight is 413 g/mol. The molecule has 2 heterocycles. The van der Waals surface area contributed by atoms with E-state index in [4.69, 9.17) is 0 Å². The standard InChI is InChI=1S/C24H20FN5O/c1-13-4-3-5-18-14(2)27-24(29-22(13)18)30-23-26-12-19-20(28-23)10-16(11-21(19)31)15-6-8-17(25)9-7-15/h3-9,12,16H,10-11H2,1-2H3,(H,26,27,28,29,30). The molecule has 2 aromatic heterocycles. The highest BCUT2D eigenvalue weighted by atomic mass is 19.1. The van der Waals surface area contributed by atoms with E-state index in [0.717, 1.165) is 27.7 Å². The highest BCUT2D eigenvalue weighted by Crippen LogP contribution is 2.32. The predicted octanol–water partition coefficient (Wildman–Crippen LogP) is 4.83. The van der Waals surface area contributed by atoms with E-state index < -0.39 is 0 Å². The van der Waals surface area contributed by atoms with Gasteiger partial charge < -0.3 is 0 Å². The van der Waals surface area contributed by atoms with Crippen molar-refractivity contribution in [1.29, 1.82) is 0 Å². The number of nitrogens with zero attached hydrogens (tertiary/aromatic N) is 4. The lowest BCUT2D eigenvalue weighted by molar-refractivity contribution is 0.0962. The molecule has 0 bridgehead atoms. The van der Waals surface area contributed by atoms with Gasteiger partial charge in [-0.05, 0) is 49.4 Å². The lowest BCUT2D eigenvalue weighted by Crippen LogP contribution is -2.21. The van der Waals surface area contributed by atoms with E-state index in [1.807, 2.05) is 32.0 Å². The molecule has 1 aliphatic rings. The minimum absolute atomic E-state index is 0.00412. The van der Waals surface area contributed by atoms with Gasteiger partial charge in [0.2, 0.25) is 11.9 Å². The van der Waals surface area contributed by atoms with E-state index in [9.17, 15) is 9.18 Å². The van der Waals surface area contributed by atoms with Gasteiger partial charge in [-0.1, -0.05) is 30.3 Å². The number of benzene rings is 2. The Morgan fingerprint density at radius 2 is 1.77 bits per heavy atom. The van der Waals surface area contributed by atoms with E-state index in [2.05, 4.69) is 25.3 Å². The number of nitrogens with one attached hydrogen (secondary N) is 1. The van der Waals surface area contributed by atoms with E-state index in [0.29, 0.717) is 36.0 Å². The summed E-state index contributed by atoms with van der Waals surface area (Å²) in [6.07, 6.45) is 2.51. The number of halogens is 1. The van der Waals surface area contributed by atoms with Crippen LogP contribution in [0.4, 0.5) is 16.3 Å². The third kappa shape index (κ3) is 3.63. The quantitative estimate of drug-likeness (QED) is 0.518. The van der Waals surface area contributed by atoms with E-state index in [1.54, 1.807) is 18.3 Å². The Balaban J connectivity index is 1.46. The second-order valence-corrected chi connectivity index (χ2v) is 7.86. The Kier molecular flexibility index (Phi) is 4.66. The first kappa shape index (κ1) is 19.2. The second kappa shape index (κ2) is 7.50. The molecule has 7 heteroatoms. The minimum Gasteiger partial charge on any atom is -0.294 e. The molecule has 1 atom stereocenters. The number of para-hydroxylation sites is 1. The predicted molar refractivity (Wildman–Crippen MR) is 116 cm³/mol. The Morgan fingerprint density at radius 3 is 2.58 bits per heavy atom. The molecular weight excluding hydrogens is 393 g/mol. The molecule has 2 aromatic carbocycles. The van der Waals surface area contributed by atoms with E-state index >= 15 is 0 Å². The van der Waals surface area contributed by atoms with Crippen LogP contribution in [-0.4, -0.2) is 25.7 Å². The van der Waals surface area contributed by atoms with Gasteiger partial charge in [-0.3, -0.25) is 10.1 Å². The van der Waals surface area contributed by atoms with Gasteiger partial charge in [-0.2, -0.15) is 0 Å². The molecule has 0 aliphatic heterocycles. The van der Waals surface area contributed by atoms with Gasteiger partial charge in [-0.25, -0.2) is 24.3 Å². The summed E-state index contributed by atoms with van der Waals surface area (Å²) in [5.41, 5.74) is 4.94. The van der Waals surface area contributed by atoms with Crippen molar-refractivity contribution in [2.75, 3.05) is 5.32 Å². The zero-order valence-corrected chi connectivity index (χ0v) is 17.2. The summed E-state index contributed by atoms with van der Waals surface area (Å²) in [6.45, 7) is 3.95. The highest BCUT2D eigenvalue weighted by molar-refractivity contribution is 5.98. The minimum atomic E-state index is -0.291. The smallest absolute Gasteiger partial charge is 0.230 e. The number of fused-ring (bicyclic) bond motifs is 2. The van der Waals surface area contributed by atoms with Gasteiger partial charge in [0.1, 0.15) is 5.82 Å². The number of Topliss-reactive ketones (excluding diaryl/α,β-unsaturated/α-hetero) is 1. The molecule has 1 unspecified atom stereocenters. The molecule has 5 rings (SSSR count). The number of rotatable bonds is 3. The van der Waals surface area contributed by atoms with Crippen LogP contribution >= 0.6 is 0 Å². The topological polar surface area (TPSA) is 80.7 Å². The summed E-state index contributed by atoms with van der Waals surface area (Å²) in [4.78, 5) is 30.7. The molecule has 6 nitrogen and oxygen atoms in total. The molecule has 1 N–H and O–H groups in total. The van der Waals surface area contributed by atoms with Crippen molar-refractivity contribution in [2.24, 2.45) is 0 Å². The SMILES string of the molecule is Cc1nc(Nc2ncc3c(n2)CC(c2ccc(F)cc2)CC3=O)nc2c(C)cccc12. The largest absolute Gasteiger partial charge is 0.294 e. The lowest BCUT2D eigenvalue weighted by atomic mass is 9.82. The van der Waals surface area contributed by atoms with Crippen molar-refractivity contribution in [3.05, 3.63) is 82.6 Å². The monoisotopic (exact) mass is 413 g/mol. The molecule has 0 spiro atoms. The van der Waals surface area contributed by atoms with E-state index in [-0.39, 0.29) is 17.5 Å². The zero-order valence-electron chi connectivity index (χ0n) is 17.2. The Labute approximate surface area is 178 Å². The molecule has 154 valence electrons. The van der Waals surface area contributed by atoms with Gasteiger partial charge in [0, 0.05) is 18.0 Å². The number of aryl methyl sites for hydroxylation is 2. The van der Waals surface area contributed by atoms with Crippen LogP contribution in [0.1, 0.15) is 45.2 Å². The van der Waals surface area contributed by atoms with Crippen molar-refractivity contribution in [3.63, 3.8) is 0 Å². The Hall–Kier alpha value is -3.74. The maximum atomic E-state index is 13.3. The number of hydrogen-bond acceptors (Lipinski definition) is 6. The molecule has 0 saturated heterocycles. The van der Waals surface area contributed by atoms with Crippen LogP contribution < -0.4 is 5.32 Å². The molecule has 1 aliphatic carbocycles. The maximum Gasteiger partial charge on any atom is 0.230 e. The molecule has 31 heavy (non-hydrogen) atoms. The summed E-state index contributed by atoms with van der Waals surface area (Å²) in [5.74, 6) is 0.428. The number of anilines is 2. The number of carbonyl (C=O) groups excluding carboxylic acids is 1. The van der Waals surface area contributed by atoms with Crippen LogP contribution in [0.15, 0.2) is 48.7 Å². The summed E-state index contributed by atoms with van der Waals surface area (Å²) in [6, 6.07) is 12.3. The van der Waals surface area contributed by atoms with Crippen LogP contribution in [0.25, 0.3) is 10.9 Å². The van der Waals surface area contributed by atoms with Gasteiger partial charge in [-0.15, -0.1) is 0 Å². The Morgan fingerprint density at radius 1 is 0.968 bits per heavy atom. The fraction of sp³-hybridized carbons (Fsp3) is 0.208. The second-order valence-electron chi connectivity index (χ2n) is 7.86. The highest BCUT2D eigenvalue weighted by Gasteiger charge is 2.28. The van der Waals surface area contributed by atoms with Gasteiger partial charge in [0.05, 0.1) is 22.5 Å². The van der Waals surface area contributed by atoms with Crippen LogP contribution in [0.5, 0.6) is 0 Å². The Bertz CT molecular complexity index is 1320. The summed E-state index contributed by atoms with van der Waals surface area (Å²) >= 11 is 0. The van der Waals surface area contributed by atoms with Crippen molar-refractivity contribution < 1.29 is 9.18 Å². The van der Waals surface area contributed by atoms with Gasteiger partial charge in [0.15, 0.2) is 5.78 Å². The first-order chi connectivity index (χ1) is 15.0. The number of ketones is 1. The number of aromatic nitrogens is 4. The van der Waals surface area contributed by atoms with Crippen molar-refractivity contribution >= 4 is 28.6 Å². The molecule has 0 radical (unpaired) electrons. The van der Waals surface area contributed by atoms with Crippen LogP contribution in [-0.2, 0) is 6.42 Å². The van der Waals surface area contributed by atoms with Gasteiger partial charge in [0.25, 0.3) is 0 Å². The normalized spacial score (nSPS) is 15.7. The third-order valence-corrected chi connectivity index (χ3v) is 5.72. The van der Waals surface area contributed by atoms with E-state index in [1.165, 1.54) is 12.1 Å². The van der Waals surface area contributed by atoms with Crippen molar-refractivity contribution in [1.82, 2.24) is 19.9 Å². The lowest BCUT2D eigenvalue weighted by Gasteiger charge is -2.23. The summed E-state index contributed by atoms with van der Waals surface area (Å²) in [7, 11) is 0. The fourth-order valence-electron chi connectivity index (χ4n) is 4.08. The van der Waals surface area contributed by atoms with Crippen molar-refractivity contribution in [2.45, 2.75) is 32.6 Å². The molecule has 0 fully saturated rings.